The van der Waals surface area contributed by atoms with Crippen molar-refractivity contribution in [1.82, 2.24) is 0 Å². The fraction of sp³-hybridized carbons (Fsp3) is 0.600. The highest BCUT2D eigenvalue weighted by atomic mass is 16.3. The van der Waals surface area contributed by atoms with Crippen LogP contribution in [0.5, 0.6) is 0 Å². The Kier molecular flexibility index (Phi) is 8.44. The first-order chi connectivity index (χ1) is 11.3. The summed E-state index contributed by atoms with van der Waals surface area (Å²) in [4.78, 5) is 37.2. The normalized spacial score (nSPS) is 11.0. The molecular weight excluding hydrogens is 318 g/mol. The molecule has 0 spiro atoms. The standard InChI is InChI=1S/C15H17N3O6/c16-4-1-11(22)15(12(23)2-5-17,13(24)3-6-18)7-14(8-19,9-20)10-21/h19-21H,1-3,7-10H2. The van der Waals surface area contributed by atoms with Gasteiger partial charge in [-0.2, -0.15) is 15.8 Å². The molecule has 0 fully saturated rings. The van der Waals surface area contributed by atoms with Crippen LogP contribution in [0.15, 0.2) is 0 Å². The smallest absolute Gasteiger partial charge is 0.167 e. The van der Waals surface area contributed by atoms with Crippen LogP contribution in [0.3, 0.4) is 0 Å². The zero-order chi connectivity index (χ0) is 18.8. The fourth-order valence-corrected chi connectivity index (χ4v) is 2.31. The predicted molar refractivity (Wildman–Crippen MR) is 76.5 cm³/mol. The molecule has 0 aliphatic heterocycles. The van der Waals surface area contributed by atoms with Crippen molar-refractivity contribution in [3.63, 3.8) is 0 Å². The number of aliphatic hydroxyl groups is 3. The molecule has 0 aromatic carbocycles. The first kappa shape index (κ1) is 21.4. The van der Waals surface area contributed by atoms with E-state index in [9.17, 15) is 29.7 Å². The number of hydrogen-bond acceptors (Lipinski definition) is 9. The van der Waals surface area contributed by atoms with E-state index in [0.717, 1.165) is 0 Å². The summed E-state index contributed by atoms with van der Waals surface area (Å²) in [7, 11) is 0. The van der Waals surface area contributed by atoms with Gasteiger partial charge in [-0.3, -0.25) is 14.4 Å². The molecule has 0 rings (SSSR count). The van der Waals surface area contributed by atoms with Crippen LogP contribution in [0.2, 0.25) is 0 Å². The Labute approximate surface area is 138 Å². The molecule has 0 amide bonds. The second-order valence-corrected chi connectivity index (χ2v) is 5.33. The van der Waals surface area contributed by atoms with E-state index in [1.807, 2.05) is 0 Å². The Hall–Kier alpha value is -2.64. The van der Waals surface area contributed by atoms with E-state index in [2.05, 4.69) is 0 Å². The van der Waals surface area contributed by atoms with Gasteiger partial charge in [-0.05, 0) is 6.42 Å². The van der Waals surface area contributed by atoms with Crippen molar-refractivity contribution >= 4 is 17.3 Å². The molecule has 0 heterocycles. The maximum atomic E-state index is 12.4. The molecule has 3 N–H and O–H groups in total. The topological polar surface area (TPSA) is 183 Å². The number of aliphatic hydroxyl groups excluding tert-OH is 3. The first-order valence-electron chi connectivity index (χ1n) is 6.87. The summed E-state index contributed by atoms with van der Waals surface area (Å²) < 4.78 is 0. The van der Waals surface area contributed by atoms with Gasteiger partial charge in [0.05, 0.1) is 57.3 Å². The molecule has 24 heavy (non-hydrogen) atoms. The van der Waals surface area contributed by atoms with Crippen molar-refractivity contribution < 1.29 is 29.7 Å². The SMILES string of the molecule is N#CCC(=O)C(CC(CO)(CO)CO)(C(=O)CC#N)C(=O)CC#N. The van der Waals surface area contributed by atoms with Gasteiger partial charge in [-0.1, -0.05) is 0 Å². The lowest BCUT2D eigenvalue weighted by Gasteiger charge is -2.37. The summed E-state index contributed by atoms with van der Waals surface area (Å²) in [6.07, 6.45) is -3.32. The van der Waals surface area contributed by atoms with Gasteiger partial charge in [0.15, 0.2) is 17.3 Å². The second kappa shape index (κ2) is 9.49. The lowest BCUT2D eigenvalue weighted by Crippen LogP contribution is -2.52. The van der Waals surface area contributed by atoms with E-state index < -0.39 is 73.7 Å². The number of nitriles is 3. The van der Waals surface area contributed by atoms with Crippen LogP contribution in [0, 0.1) is 44.8 Å². The van der Waals surface area contributed by atoms with Crippen molar-refractivity contribution in [1.29, 1.82) is 15.8 Å². The van der Waals surface area contributed by atoms with E-state index in [-0.39, 0.29) is 0 Å². The lowest BCUT2D eigenvalue weighted by molar-refractivity contribution is -0.153. The van der Waals surface area contributed by atoms with Gasteiger partial charge in [-0.15, -0.1) is 0 Å². The minimum Gasteiger partial charge on any atom is -0.396 e. The minimum absolute atomic E-state index is 0.801. The molecule has 0 radical (unpaired) electrons. The van der Waals surface area contributed by atoms with Crippen LogP contribution in [0.1, 0.15) is 25.7 Å². The molecule has 0 aromatic heterocycles. The molecule has 0 aliphatic rings. The quantitative estimate of drug-likeness (QED) is 0.389. The monoisotopic (exact) mass is 335 g/mol. The molecule has 128 valence electrons. The van der Waals surface area contributed by atoms with Crippen LogP contribution in [0.25, 0.3) is 0 Å². The molecule has 0 atom stereocenters. The summed E-state index contributed by atoms with van der Waals surface area (Å²) in [5, 5.41) is 54.4. The molecule has 0 saturated heterocycles. The zero-order valence-corrected chi connectivity index (χ0v) is 12.9. The predicted octanol–water partition coefficient (Wildman–Crippen LogP) is -1.23. The molecule has 0 aliphatic carbocycles. The Balaban J connectivity index is 6.39. The van der Waals surface area contributed by atoms with Crippen LogP contribution in [-0.4, -0.2) is 52.5 Å². The average molecular weight is 335 g/mol. The van der Waals surface area contributed by atoms with E-state index in [1.165, 1.54) is 18.2 Å². The highest BCUT2D eigenvalue weighted by Gasteiger charge is 2.54. The molecule has 9 nitrogen and oxygen atoms in total. The first-order valence-corrected chi connectivity index (χ1v) is 6.87. The van der Waals surface area contributed by atoms with Crippen molar-refractivity contribution in [3.8, 4) is 18.2 Å². The third-order valence-electron chi connectivity index (χ3n) is 3.79. The van der Waals surface area contributed by atoms with Gasteiger partial charge < -0.3 is 15.3 Å². The second-order valence-electron chi connectivity index (χ2n) is 5.33. The molecule has 9 heteroatoms. The van der Waals surface area contributed by atoms with Gasteiger partial charge >= 0.3 is 0 Å². The van der Waals surface area contributed by atoms with E-state index in [1.54, 1.807) is 0 Å². The summed E-state index contributed by atoms with van der Waals surface area (Å²) in [6, 6.07) is 4.50. The Morgan fingerprint density at radius 1 is 0.708 bits per heavy atom. The highest BCUT2D eigenvalue weighted by molar-refractivity contribution is 6.25. The van der Waals surface area contributed by atoms with Crippen LogP contribution in [0.4, 0.5) is 0 Å². The number of hydrogen-bond donors (Lipinski definition) is 3. The Morgan fingerprint density at radius 2 is 1.00 bits per heavy atom. The van der Waals surface area contributed by atoms with E-state index >= 15 is 0 Å². The largest absolute Gasteiger partial charge is 0.396 e. The van der Waals surface area contributed by atoms with Gasteiger partial charge in [-0.25, -0.2) is 0 Å². The minimum atomic E-state index is -2.55. The molecule has 0 unspecified atom stereocenters. The number of ketones is 3. The summed E-state index contributed by atoms with van der Waals surface area (Å²) in [5.74, 6) is -3.40. The molecule has 0 aromatic rings. The molecular formula is C15H17N3O6. The number of carbonyl (C=O) groups is 3. The van der Waals surface area contributed by atoms with E-state index in [4.69, 9.17) is 15.8 Å². The number of carbonyl (C=O) groups excluding carboxylic acids is 3. The Morgan fingerprint density at radius 3 is 1.21 bits per heavy atom. The van der Waals surface area contributed by atoms with Crippen molar-refractivity contribution in [2.45, 2.75) is 25.7 Å². The van der Waals surface area contributed by atoms with Crippen molar-refractivity contribution in [3.05, 3.63) is 0 Å². The lowest BCUT2D eigenvalue weighted by atomic mass is 9.63. The van der Waals surface area contributed by atoms with Crippen molar-refractivity contribution in [2.24, 2.45) is 10.8 Å². The van der Waals surface area contributed by atoms with Crippen molar-refractivity contribution in [2.75, 3.05) is 19.8 Å². The molecule has 0 bridgehead atoms. The highest BCUT2D eigenvalue weighted by Crippen LogP contribution is 2.39. The van der Waals surface area contributed by atoms with Gasteiger partial charge in [0.25, 0.3) is 0 Å². The van der Waals surface area contributed by atoms with Crippen LogP contribution >= 0.6 is 0 Å². The molecule has 0 saturated carbocycles. The van der Waals surface area contributed by atoms with Gasteiger partial charge in [0, 0.05) is 5.41 Å². The summed E-state index contributed by atoms with van der Waals surface area (Å²) in [6.45, 7) is -2.58. The maximum Gasteiger partial charge on any atom is 0.167 e. The third-order valence-corrected chi connectivity index (χ3v) is 3.79. The zero-order valence-electron chi connectivity index (χ0n) is 12.9. The van der Waals surface area contributed by atoms with Crippen LogP contribution in [-0.2, 0) is 14.4 Å². The maximum absolute atomic E-state index is 12.4. The summed E-state index contributed by atoms with van der Waals surface area (Å²) in [5.41, 5.74) is -4.32. The Bertz CT molecular complexity index is 541. The summed E-state index contributed by atoms with van der Waals surface area (Å²) >= 11 is 0. The third kappa shape index (κ3) is 4.21. The van der Waals surface area contributed by atoms with Gasteiger partial charge in [0.1, 0.15) is 5.41 Å². The number of nitrogens with zero attached hydrogens (tertiary/aromatic N) is 3. The van der Waals surface area contributed by atoms with E-state index in [0.29, 0.717) is 0 Å². The van der Waals surface area contributed by atoms with Crippen LogP contribution < -0.4 is 0 Å². The number of rotatable bonds is 11. The number of Topliss-reactive ketones (excluding diaryl/α,β-unsaturated/α-hetero) is 3. The average Bonchev–Trinajstić information content (AvgIpc) is 2.57. The fourth-order valence-electron chi connectivity index (χ4n) is 2.31. The van der Waals surface area contributed by atoms with Gasteiger partial charge in [0.2, 0.25) is 0 Å².